The Morgan fingerprint density at radius 1 is 1.25 bits per heavy atom. The molecule has 2 rings (SSSR count). The molecular formula is C17H22FNO. The number of hydrogen-bond donors (Lipinski definition) is 1. The van der Waals surface area contributed by atoms with Gasteiger partial charge in [-0.15, -0.1) is 0 Å². The summed E-state index contributed by atoms with van der Waals surface area (Å²) < 4.78 is 13.7. The Balaban J connectivity index is 2.28. The van der Waals surface area contributed by atoms with Gasteiger partial charge in [0.2, 0.25) is 0 Å². The van der Waals surface area contributed by atoms with Gasteiger partial charge >= 0.3 is 0 Å². The lowest BCUT2D eigenvalue weighted by Crippen LogP contribution is -2.35. The van der Waals surface area contributed by atoms with E-state index in [0.29, 0.717) is 24.0 Å². The smallest absolute Gasteiger partial charge is 0.126 e. The van der Waals surface area contributed by atoms with Crippen molar-refractivity contribution in [2.24, 2.45) is 10.8 Å². The predicted octanol–water partition coefficient (Wildman–Crippen LogP) is 4.28. The minimum Gasteiger partial charge on any atom is -0.387 e. The fourth-order valence-corrected chi connectivity index (χ4v) is 2.92. The fourth-order valence-electron chi connectivity index (χ4n) is 2.92. The van der Waals surface area contributed by atoms with Crippen LogP contribution in [0.4, 0.5) is 4.39 Å². The monoisotopic (exact) mass is 275 g/mol. The van der Waals surface area contributed by atoms with E-state index >= 15 is 0 Å². The van der Waals surface area contributed by atoms with Crippen LogP contribution < -0.4 is 0 Å². The largest absolute Gasteiger partial charge is 0.387 e. The lowest BCUT2D eigenvalue weighted by molar-refractivity contribution is 0.00938. The predicted molar refractivity (Wildman–Crippen MR) is 76.4 cm³/mol. The fraction of sp³-hybridized carbons (Fsp3) is 0.588. The molecule has 1 aliphatic rings. The van der Waals surface area contributed by atoms with Crippen LogP contribution in [0.3, 0.4) is 0 Å². The van der Waals surface area contributed by atoms with Gasteiger partial charge in [-0.25, -0.2) is 4.39 Å². The van der Waals surface area contributed by atoms with Crippen molar-refractivity contribution in [1.29, 1.82) is 5.26 Å². The Kier molecular flexibility index (Phi) is 3.88. The first-order valence-corrected chi connectivity index (χ1v) is 7.15. The molecule has 0 saturated heterocycles. The van der Waals surface area contributed by atoms with E-state index in [2.05, 4.69) is 19.9 Å². The van der Waals surface area contributed by atoms with E-state index in [1.54, 1.807) is 19.1 Å². The van der Waals surface area contributed by atoms with Crippen molar-refractivity contribution in [2.75, 3.05) is 0 Å². The second-order valence-corrected chi connectivity index (χ2v) is 6.84. The van der Waals surface area contributed by atoms with E-state index in [-0.39, 0.29) is 11.2 Å². The second-order valence-electron chi connectivity index (χ2n) is 6.84. The number of halogens is 1. The minimum absolute atomic E-state index is 0.221. The van der Waals surface area contributed by atoms with E-state index in [0.717, 1.165) is 12.8 Å². The maximum absolute atomic E-state index is 13.7. The number of nitriles is 1. The summed E-state index contributed by atoms with van der Waals surface area (Å²) in [6, 6.07) is 7.06. The first-order valence-electron chi connectivity index (χ1n) is 7.15. The van der Waals surface area contributed by atoms with Crippen molar-refractivity contribution in [2.45, 2.75) is 52.6 Å². The average Bonchev–Trinajstić information content (AvgIpc) is 2.42. The van der Waals surface area contributed by atoms with E-state index in [9.17, 15) is 14.8 Å². The lowest BCUT2D eigenvalue weighted by Gasteiger charge is -2.42. The molecule has 1 N–H and O–H groups in total. The molecule has 1 saturated carbocycles. The number of aliphatic hydroxyl groups is 1. The molecule has 0 spiro atoms. The number of nitrogens with zero attached hydrogens (tertiary/aromatic N) is 1. The Hall–Kier alpha value is -1.40. The zero-order chi connectivity index (χ0) is 15.0. The van der Waals surface area contributed by atoms with Crippen LogP contribution in [0.5, 0.6) is 0 Å². The zero-order valence-corrected chi connectivity index (χ0v) is 12.4. The summed E-state index contributed by atoms with van der Waals surface area (Å²) >= 11 is 0. The molecule has 1 aromatic carbocycles. The lowest BCUT2D eigenvalue weighted by atomic mass is 9.62. The molecule has 0 aromatic heterocycles. The van der Waals surface area contributed by atoms with Gasteiger partial charge in [0.05, 0.1) is 17.6 Å². The standard InChI is InChI=1S/C17H22FNO/c1-12-4-5-13(10-14(12)18)15(20)17(11-19)8-6-16(2,3)7-9-17/h4-5,10,15,20H,6-9H2,1-3H3. The van der Waals surface area contributed by atoms with Gasteiger partial charge in [0.15, 0.2) is 0 Å². The van der Waals surface area contributed by atoms with Gasteiger partial charge in [0.25, 0.3) is 0 Å². The van der Waals surface area contributed by atoms with Crippen molar-refractivity contribution >= 4 is 0 Å². The van der Waals surface area contributed by atoms with Gasteiger partial charge in [-0.2, -0.15) is 5.26 Å². The molecule has 1 aliphatic carbocycles. The highest BCUT2D eigenvalue weighted by Gasteiger charge is 2.44. The second kappa shape index (κ2) is 5.18. The summed E-state index contributed by atoms with van der Waals surface area (Å²) in [5.41, 5.74) is 0.501. The molecule has 0 amide bonds. The SMILES string of the molecule is Cc1ccc(C(O)C2(C#N)CCC(C)(C)CC2)cc1F. The Bertz CT molecular complexity index is 534. The summed E-state index contributed by atoms with van der Waals surface area (Å²) in [6.45, 7) is 6.06. The van der Waals surface area contributed by atoms with Crippen LogP contribution in [-0.4, -0.2) is 5.11 Å². The van der Waals surface area contributed by atoms with Crippen LogP contribution >= 0.6 is 0 Å². The first kappa shape index (κ1) is 15.0. The Morgan fingerprint density at radius 2 is 1.85 bits per heavy atom. The van der Waals surface area contributed by atoms with Gasteiger partial charge < -0.3 is 5.11 Å². The zero-order valence-electron chi connectivity index (χ0n) is 12.4. The average molecular weight is 275 g/mol. The van der Waals surface area contributed by atoms with Gasteiger partial charge in [-0.05, 0) is 55.2 Å². The molecule has 20 heavy (non-hydrogen) atoms. The van der Waals surface area contributed by atoms with Crippen molar-refractivity contribution < 1.29 is 9.50 Å². The Labute approximate surface area is 120 Å². The van der Waals surface area contributed by atoms with Crippen molar-refractivity contribution in [3.8, 4) is 6.07 Å². The molecule has 108 valence electrons. The molecule has 0 aliphatic heterocycles. The van der Waals surface area contributed by atoms with E-state index < -0.39 is 11.5 Å². The third kappa shape index (κ3) is 2.71. The third-order valence-corrected chi connectivity index (χ3v) is 4.75. The van der Waals surface area contributed by atoms with Crippen LogP contribution in [0.25, 0.3) is 0 Å². The normalized spacial score (nSPS) is 22.0. The van der Waals surface area contributed by atoms with Gasteiger partial charge in [-0.3, -0.25) is 0 Å². The molecular weight excluding hydrogens is 253 g/mol. The minimum atomic E-state index is -0.918. The molecule has 1 aromatic rings. The van der Waals surface area contributed by atoms with Crippen LogP contribution in [0.15, 0.2) is 18.2 Å². The van der Waals surface area contributed by atoms with Gasteiger partial charge in [0.1, 0.15) is 5.82 Å². The summed E-state index contributed by atoms with van der Waals surface area (Å²) in [7, 11) is 0. The summed E-state index contributed by atoms with van der Waals surface area (Å²) in [5.74, 6) is -0.328. The van der Waals surface area contributed by atoms with Crippen molar-refractivity contribution in [1.82, 2.24) is 0 Å². The molecule has 1 fully saturated rings. The van der Waals surface area contributed by atoms with Gasteiger partial charge in [0, 0.05) is 0 Å². The molecule has 0 radical (unpaired) electrons. The van der Waals surface area contributed by atoms with Crippen molar-refractivity contribution in [3.05, 3.63) is 35.1 Å². The van der Waals surface area contributed by atoms with Crippen LogP contribution in [-0.2, 0) is 0 Å². The molecule has 1 unspecified atom stereocenters. The summed E-state index contributed by atoms with van der Waals surface area (Å²) in [5, 5.41) is 20.2. The first-order chi connectivity index (χ1) is 9.30. The number of aliphatic hydroxyl groups excluding tert-OH is 1. The number of aryl methyl sites for hydroxylation is 1. The molecule has 1 atom stereocenters. The summed E-state index contributed by atoms with van der Waals surface area (Å²) in [6.07, 6.45) is 2.22. The molecule has 0 heterocycles. The number of hydrogen-bond acceptors (Lipinski definition) is 2. The number of rotatable bonds is 2. The van der Waals surface area contributed by atoms with E-state index in [1.807, 2.05) is 0 Å². The molecule has 2 nitrogen and oxygen atoms in total. The quantitative estimate of drug-likeness (QED) is 0.875. The van der Waals surface area contributed by atoms with E-state index in [4.69, 9.17) is 0 Å². The van der Waals surface area contributed by atoms with Crippen LogP contribution in [0, 0.1) is 34.9 Å². The highest BCUT2D eigenvalue weighted by atomic mass is 19.1. The maximum atomic E-state index is 13.7. The molecule has 3 heteroatoms. The Morgan fingerprint density at radius 3 is 2.35 bits per heavy atom. The molecule has 0 bridgehead atoms. The maximum Gasteiger partial charge on any atom is 0.126 e. The van der Waals surface area contributed by atoms with Gasteiger partial charge in [-0.1, -0.05) is 26.0 Å². The summed E-state index contributed by atoms with van der Waals surface area (Å²) in [4.78, 5) is 0. The van der Waals surface area contributed by atoms with Crippen LogP contribution in [0.1, 0.15) is 56.8 Å². The highest BCUT2D eigenvalue weighted by molar-refractivity contribution is 5.28. The van der Waals surface area contributed by atoms with E-state index in [1.165, 1.54) is 6.07 Å². The van der Waals surface area contributed by atoms with Crippen LogP contribution in [0.2, 0.25) is 0 Å². The third-order valence-electron chi connectivity index (χ3n) is 4.75. The number of benzene rings is 1. The van der Waals surface area contributed by atoms with Crippen molar-refractivity contribution in [3.63, 3.8) is 0 Å². The highest BCUT2D eigenvalue weighted by Crippen LogP contribution is 2.50. The topological polar surface area (TPSA) is 44.0 Å².